The van der Waals surface area contributed by atoms with Crippen LogP contribution in [-0.4, -0.2) is 29.9 Å². The van der Waals surface area contributed by atoms with Crippen molar-refractivity contribution in [1.29, 1.82) is 0 Å². The van der Waals surface area contributed by atoms with Gasteiger partial charge in [-0.05, 0) is 30.3 Å². The zero-order valence-electron chi connectivity index (χ0n) is 13.1. The number of halogens is 2. The van der Waals surface area contributed by atoms with Crippen LogP contribution in [0.1, 0.15) is 0 Å². The maximum Gasteiger partial charge on any atom is 0.288 e. The highest BCUT2D eigenvalue weighted by molar-refractivity contribution is 9.10. The molecule has 0 fully saturated rings. The Balaban J connectivity index is 1.75. The Morgan fingerprint density at radius 1 is 1.35 bits per heavy atom. The van der Waals surface area contributed by atoms with Crippen LogP contribution < -0.4 is 15.0 Å². The fourth-order valence-electron chi connectivity index (χ4n) is 2.43. The minimum absolute atomic E-state index is 0.0922. The van der Waals surface area contributed by atoms with Crippen molar-refractivity contribution in [2.45, 2.75) is 0 Å². The second kappa shape index (κ2) is 7.30. The Hall–Kier alpha value is -2.65. The molecule has 0 aliphatic carbocycles. The molecule has 0 saturated heterocycles. The summed E-state index contributed by atoms with van der Waals surface area (Å²) >= 11 is 9.15. The second-order valence-corrected chi connectivity index (χ2v) is 6.67. The molecule has 0 radical (unpaired) electrons. The molecule has 1 aliphatic heterocycles. The molecule has 8 nitrogen and oxygen atoms in total. The van der Waals surface area contributed by atoms with E-state index < -0.39 is 10.8 Å². The van der Waals surface area contributed by atoms with Crippen LogP contribution in [0.2, 0.25) is 5.02 Å². The highest BCUT2D eigenvalue weighted by Crippen LogP contribution is 2.34. The summed E-state index contributed by atoms with van der Waals surface area (Å²) in [6.45, 7) is -0.397. The number of nitrogens with one attached hydrogen (secondary N) is 1. The lowest BCUT2D eigenvalue weighted by Crippen LogP contribution is -2.43. The molecule has 26 heavy (non-hydrogen) atoms. The first kappa shape index (κ1) is 18.2. The summed E-state index contributed by atoms with van der Waals surface area (Å²) in [5.74, 6) is -0.333. The molecular formula is C16H11BrClN3O5. The van der Waals surface area contributed by atoms with Gasteiger partial charge in [0.25, 0.3) is 11.6 Å². The number of benzene rings is 2. The van der Waals surface area contributed by atoms with Gasteiger partial charge in [0.15, 0.2) is 6.61 Å². The van der Waals surface area contributed by atoms with Crippen LogP contribution in [0.4, 0.5) is 17.1 Å². The average Bonchev–Trinajstić information content (AvgIpc) is 2.57. The summed E-state index contributed by atoms with van der Waals surface area (Å²) in [6, 6.07) is 8.97. The van der Waals surface area contributed by atoms with Crippen LogP contribution in [0.5, 0.6) is 5.75 Å². The van der Waals surface area contributed by atoms with Gasteiger partial charge in [0.05, 0.1) is 10.6 Å². The lowest BCUT2D eigenvalue weighted by Gasteiger charge is -2.29. The molecule has 2 aromatic carbocycles. The molecule has 0 saturated carbocycles. The summed E-state index contributed by atoms with van der Waals surface area (Å²) in [6.07, 6.45) is 0. The number of hydrogen-bond acceptors (Lipinski definition) is 5. The fourth-order valence-corrected chi connectivity index (χ4v) is 3.02. The first-order chi connectivity index (χ1) is 12.3. The zero-order valence-corrected chi connectivity index (χ0v) is 15.4. The van der Waals surface area contributed by atoms with E-state index in [0.29, 0.717) is 17.1 Å². The lowest BCUT2D eigenvalue weighted by atomic mass is 10.2. The predicted octanol–water partition coefficient (Wildman–Crippen LogP) is 3.37. The number of amides is 2. The van der Waals surface area contributed by atoms with Gasteiger partial charge in [0, 0.05) is 16.2 Å². The lowest BCUT2D eigenvalue weighted by molar-refractivity contribution is -0.384. The van der Waals surface area contributed by atoms with E-state index in [-0.39, 0.29) is 29.8 Å². The maximum absolute atomic E-state index is 12.3. The third kappa shape index (κ3) is 3.78. The van der Waals surface area contributed by atoms with E-state index >= 15 is 0 Å². The van der Waals surface area contributed by atoms with E-state index in [1.54, 1.807) is 18.2 Å². The maximum atomic E-state index is 12.3. The van der Waals surface area contributed by atoms with Crippen molar-refractivity contribution in [3.63, 3.8) is 0 Å². The molecule has 0 unspecified atom stereocenters. The van der Waals surface area contributed by atoms with Gasteiger partial charge in [0.1, 0.15) is 17.3 Å². The standard InChI is InChI=1S/C16H11BrClN3O5/c17-9-1-3-13-14(5-9)26-8-16(23)20(13)7-15(22)19-10-2-4-12(21(24)25)11(18)6-10/h1-6H,7-8H2,(H,19,22). The first-order valence-corrected chi connectivity index (χ1v) is 8.49. The summed E-state index contributed by atoms with van der Waals surface area (Å²) in [7, 11) is 0. The number of rotatable bonds is 4. The second-order valence-electron chi connectivity index (χ2n) is 5.35. The number of anilines is 2. The van der Waals surface area contributed by atoms with E-state index in [1.165, 1.54) is 23.1 Å². The highest BCUT2D eigenvalue weighted by Gasteiger charge is 2.27. The van der Waals surface area contributed by atoms with Crippen molar-refractivity contribution >= 4 is 56.4 Å². The molecular weight excluding hydrogens is 430 g/mol. The van der Waals surface area contributed by atoms with E-state index in [2.05, 4.69) is 21.2 Å². The van der Waals surface area contributed by atoms with Gasteiger partial charge in [-0.15, -0.1) is 0 Å². The molecule has 1 N–H and O–H groups in total. The van der Waals surface area contributed by atoms with E-state index in [1.807, 2.05) is 0 Å². The minimum Gasteiger partial charge on any atom is -0.482 e. The molecule has 3 rings (SSSR count). The van der Waals surface area contributed by atoms with Gasteiger partial charge in [-0.2, -0.15) is 0 Å². The van der Waals surface area contributed by atoms with Crippen LogP contribution in [0.25, 0.3) is 0 Å². The zero-order chi connectivity index (χ0) is 18.8. The van der Waals surface area contributed by atoms with Crippen molar-refractivity contribution in [3.05, 3.63) is 56.0 Å². The van der Waals surface area contributed by atoms with Crippen LogP contribution >= 0.6 is 27.5 Å². The minimum atomic E-state index is -0.616. The monoisotopic (exact) mass is 439 g/mol. The van der Waals surface area contributed by atoms with Crippen molar-refractivity contribution in [2.24, 2.45) is 0 Å². The summed E-state index contributed by atoms with van der Waals surface area (Å²) in [5, 5.41) is 13.2. The van der Waals surface area contributed by atoms with Gasteiger partial charge in [-0.1, -0.05) is 27.5 Å². The smallest absolute Gasteiger partial charge is 0.288 e. The normalized spacial score (nSPS) is 13.0. The van der Waals surface area contributed by atoms with E-state index in [9.17, 15) is 19.7 Å². The number of nitro groups is 1. The Bertz CT molecular complexity index is 921. The molecule has 134 valence electrons. The van der Waals surface area contributed by atoms with Gasteiger partial charge in [-0.25, -0.2) is 0 Å². The Kier molecular flexibility index (Phi) is 5.10. The van der Waals surface area contributed by atoms with E-state index in [0.717, 1.165) is 4.47 Å². The number of fused-ring (bicyclic) bond motifs is 1. The number of carbonyl (C=O) groups excluding carboxylic acids is 2. The molecule has 1 heterocycles. The molecule has 2 aromatic rings. The third-order valence-corrected chi connectivity index (χ3v) is 4.39. The number of carbonyl (C=O) groups is 2. The largest absolute Gasteiger partial charge is 0.482 e. The Morgan fingerprint density at radius 2 is 2.12 bits per heavy atom. The molecule has 2 amide bonds. The van der Waals surface area contributed by atoms with Crippen molar-refractivity contribution in [3.8, 4) is 5.75 Å². The SMILES string of the molecule is O=C(CN1C(=O)COc2cc(Br)ccc21)Nc1ccc([N+](=O)[O-])c(Cl)c1. The molecule has 1 aliphatic rings. The summed E-state index contributed by atoms with van der Waals surface area (Å²) in [4.78, 5) is 35.9. The fraction of sp³-hybridized carbons (Fsp3) is 0.125. The first-order valence-electron chi connectivity index (χ1n) is 7.31. The van der Waals surface area contributed by atoms with Gasteiger partial charge >= 0.3 is 0 Å². The van der Waals surface area contributed by atoms with Crippen LogP contribution in [0.15, 0.2) is 40.9 Å². The van der Waals surface area contributed by atoms with Crippen LogP contribution in [-0.2, 0) is 9.59 Å². The molecule has 0 bridgehead atoms. The summed E-state index contributed by atoms with van der Waals surface area (Å²) in [5.41, 5.74) is 0.524. The van der Waals surface area contributed by atoms with Gasteiger partial charge in [-0.3, -0.25) is 24.6 Å². The Morgan fingerprint density at radius 3 is 2.81 bits per heavy atom. The third-order valence-electron chi connectivity index (χ3n) is 3.59. The van der Waals surface area contributed by atoms with Crippen molar-refractivity contribution in [1.82, 2.24) is 0 Å². The number of nitro benzene ring substituents is 1. The van der Waals surface area contributed by atoms with Gasteiger partial charge in [0.2, 0.25) is 5.91 Å². The van der Waals surface area contributed by atoms with Crippen LogP contribution in [0, 0.1) is 10.1 Å². The molecule has 0 spiro atoms. The van der Waals surface area contributed by atoms with Crippen LogP contribution in [0.3, 0.4) is 0 Å². The predicted molar refractivity (Wildman–Crippen MR) is 98.7 cm³/mol. The van der Waals surface area contributed by atoms with E-state index in [4.69, 9.17) is 16.3 Å². The van der Waals surface area contributed by atoms with Crippen molar-refractivity contribution < 1.29 is 19.2 Å². The molecule has 0 atom stereocenters. The van der Waals surface area contributed by atoms with Crippen molar-refractivity contribution in [2.75, 3.05) is 23.4 Å². The highest BCUT2D eigenvalue weighted by atomic mass is 79.9. The molecule has 10 heteroatoms. The molecule has 0 aromatic heterocycles. The quantitative estimate of drug-likeness (QED) is 0.580. The summed E-state index contributed by atoms with van der Waals surface area (Å²) < 4.78 is 6.15. The number of nitrogens with zero attached hydrogens (tertiary/aromatic N) is 2. The topological polar surface area (TPSA) is 102 Å². The number of hydrogen-bond donors (Lipinski definition) is 1. The van der Waals surface area contributed by atoms with Gasteiger partial charge < -0.3 is 10.1 Å². The Labute approximate surface area is 161 Å². The average molecular weight is 441 g/mol. The number of ether oxygens (including phenoxy) is 1.